The molecule has 0 aliphatic rings. The fraction of sp³-hybridized carbons (Fsp3) is 0. The van der Waals surface area contributed by atoms with E-state index in [9.17, 15) is 0 Å². The maximum absolute atomic E-state index is 3.52. The third-order valence-corrected chi connectivity index (χ3v) is 4.97. The van der Waals surface area contributed by atoms with Gasteiger partial charge in [0.2, 0.25) is 0 Å². The SMILES string of the molecule is [c]1cccc2c(-c3ccccc3)c3ccccc3c(-c3ccccc3)c12. The molecule has 0 aromatic heterocycles. The minimum atomic E-state index is 1.18. The first kappa shape index (κ1) is 14.9. The molecule has 0 aliphatic carbocycles. The summed E-state index contributed by atoms with van der Waals surface area (Å²) in [6.07, 6.45) is 0. The van der Waals surface area contributed by atoms with Crippen LogP contribution in [0.3, 0.4) is 0 Å². The topological polar surface area (TPSA) is 0 Å². The third kappa shape index (κ3) is 2.31. The Morgan fingerprint density at radius 3 is 1.58 bits per heavy atom. The highest BCUT2D eigenvalue weighted by molar-refractivity contribution is 6.21. The zero-order valence-corrected chi connectivity index (χ0v) is 14.3. The maximum Gasteiger partial charge on any atom is -0.00139 e. The van der Waals surface area contributed by atoms with Gasteiger partial charge in [0.1, 0.15) is 0 Å². The van der Waals surface area contributed by atoms with Gasteiger partial charge < -0.3 is 0 Å². The molecule has 1 radical (unpaired) electrons. The summed E-state index contributed by atoms with van der Waals surface area (Å²) in [5.74, 6) is 0. The van der Waals surface area contributed by atoms with Crippen molar-refractivity contribution >= 4 is 21.5 Å². The first-order chi connectivity index (χ1) is 12.9. The molecular weight excluding hydrogens is 312 g/mol. The Morgan fingerprint density at radius 2 is 0.923 bits per heavy atom. The normalized spacial score (nSPS) is 11.1. The maximum atomic E-state index is 3.52. The highest BCUT2D eigenvalue weighted by Gasteiger charge is 2.15. The quantitative estimate of drug-likeness (QED) is 0.302. The van der Waals surface area contributed by atoms with Crippen LogP contribution in [0.2, 0.25) is 0 Å². The second-order valence-corrected chi connectivity index (χ2v) is 6.49. The molecule has 0 aliphatic heterocycles. The van der Waals surface area contributed by atoms with Crippen molar-refractivity contribution in [3.63, 3.8) is 0 Å². The second-order valence-electron chi connectivity index (χ2n) is 6.49. The molecule has 26 heavy (non-hydrogen) atoms. The van der Waals surface area contributed by atoms with Gasteiger partial charge in [-0.15, -0.1) is 0 Å². The summed E-state index contributed by atoms with van der Waals surface area (Å²) in [6, 6.07) is 39.8. The second kappa shape index (κ2) is 6.16. The van der Waals surface area contributed by atoms with Crippen LogP contribution in [0.1, 0.15) is 0 Å². The summed E-state index contributed by atoms with van der Waals surface area (Å²) in [5, 5.41) is 4.98. The Bertz CT molecular complexity index is 1050. The molecule has 0 heteroatoms. The van der Waals surface area contributed by atoms with Gasteiger partial charge in [0, 0.05) is 0 Å². The lowest BCUT2D eigenvalue weighted by atomic mass is 9.86. The predicted molar refractivity (Wildman–Crippen MR) is 111 cm³/mol. The highest BCUT2D eigenvalue weighted by Crippen LogP contribution is 2.42. The van der Waals surface area contributed by atoms with Crippen molar-refractivity contribution in [2.75, 3.05) is 0 Å². The molecule has 0 atom stereocenters. The molecule has 0 saturated heterocycles. The standard InChI is InChI=1S/C26H17/c1-3-11-19(12-4-1)25-21-15-7-9-17-23(21)26(20-13-5-2-6-14-20)24-18-10-8-16-22(24)25/h1-17H. The van der Waals surface area contributed by atoms with Crippen LogP contribution in [0, 0.1) is 6.07 Å². The Morgan fingerprint density at radius 1 is 0.423 bits per heavy atom. The fourth-order valence-electron chi connectivity index (χ4n) is 3.87. The molecule has 5 aromatic rings. The molecule has 0 nitrogen and oxygen atoms in total. The minimum Gasteiger partial charge on any atom is -0.0622 e. The average molecular weight is 329 g/mol. The summed E-state index contributed by atoms with van der Waals surface area (Å²) in [5.41, 5.74) is 5.02. The Hall–Kier alpha value is -3.38. The summed E-state index contributed by atoms with van der Waals surface area (Å²) in [7, 11) is 0. The van der Waals surface area contributed by atoms with E-state index in [4.69, 9.17) is 0 Å². The number of hydrogen-bond acceptors (Lipinski definition) is 0. The molecule has 0 fully saturated rings. The molecule has 0 amide bonds. The molecule has 0 N–H and O–H groups in total. The van der Waals surface area contributed by atoms with E-state index in [2.05, 4.69) is 103 Å². The molecular formula is C26H17. The molecule has 0 heterocycles. The molecule has 0 bridgehead atoms. The van der Waals surface area contributed by atoms with Crippen molar-refractivity contribution in [1.29, 1.82) is 0 Å². The van der Waals surface area contributed by atoms with E-state index in [1.165, 1.54) is 43.8 Å². The van der Waals surface area contributed by atoms with E-state index in [1.54, 1.807) is 0 Å². The van der Waals surface area contributed by atoms with Crippen molar-refractivity contribution in [1.82, 2.24) is 0 Å². The van der Waals surface area contributed by atoms with Crippen molar-refractivity contribution in [3.05, 3.63) is 109 Å². The van der Waals surface area contributed by atoms with E-state index in [1.807, 2.05) is 6.07 Å². The van der Waals surface area contributed by atoms with Crippen LogP contribution in [-0.2, 0) is 0 Å². The van der Waals surface area contributed by atoms with E-state index >= 15 is 0 Å². The van der Waals surface area contributed by atoms with Gasteiger partial charge in [-0.1, -0.05) is 103 Å². The molecule has 0 saturated carbocycles. The number of fused-ring (bicyclic) bond motifs is 2. The van der Waals surface area contributed by atoms with Gasteiger partial charge in [0.15, 0.2) is 0 Å². The van der Waals surface area contributed by atoms with Gasteiger partial charge in [0.25, 0.3) is 0 Å². The predicted octanol–water partition coefficient (Wildman–Crippen LogP) is 7.13. The van der Waals surface area contributed by atoms with Crippen LogP contribution in [0.5, 0.6) is 0 Å². The molecule has 5 rings (SSSR count). The number of hydrogen-bond donors (Lipinski definition) is 0. The summed E-state index contributed by atoms with van der Waals surface area (Å²) < 4.78 is 0. The van der Waals surface area contributed by atoms with Gasteiger partial charge >= 0.3 is 0 Å². The van der Waals surface area contributed by atoms with Crippen molar-refractivity contribution in [2.45, 2.75) is 0 Å². The molecule has 121 valence electrons. The monoisotopic (exact) mass is 329 g/mol. The summed E-state index contributed by atoms with van der Waals surface area (Å²) in [6.45, 7) is 0. The Balaban J connectivity index is 2.02. The van der Waals surface area contributed by atoms with Gasteiger partial charge in [-0.25, -0.2) is 0 Å². The highest BCUT2D eigenvalue weighted by atomic mass is 14.2. The van der Waals surface area contributed by atoms with Crippen LogP contribution < -0.4 is 0 Å². The third-order valence-electron chi connectivity index (χ3n) is 4.97. The van der Waals surface area contributed by atoms with Gasteiger partial charge in [-0.2, -0.15) is 0 Å². The average Bonchev–Trinajstić information content (AvgIpc) is 2.73. The summed E-state index contributed by atoms with van der Waals surface area (Å²) in [4.78, 5) is 0. The van der Waals surface area contributed by atoms with E-state index < -0.39 is 0 Å². The van der Waals surface area contributed by atoms with Crippen LogP contribution >= 0.6 is 0 Å². The lowest BCUT2D eigenvalue weighted by Crippen LogP contribution is -1.90. The van der Waals surface area contributed by atoms with E-state index in [-0.39, 0.29) is 0 Å². The Kier molecular flexibility index (Phi) is 3.54. The lowest BCUT2D eigenvalue weighted by molar-refractivity contribution is 1.65. The Labute approximate surface area is 153 Å². The number of benzene rings is 5. The largest absolute Gasteiger partial charge is 0.0622 e. The number of rotatable bonds is 2. The van der Waals surface area contributed by atoms with Crippen molar-refractivity contribution in [2.24, 2.45) is 0 Å². The van der Waals surface area contributed by atoms with Crippen LogP contribution in [-0.4, -0.2) is 0 Å². The van der Waals surface area contributed by atoms with Crippen molar-refractivity contribution < 1.29 is 0 Å². The zero-order chi connectivity index (χ0) is 17.3. The zero-order valence-electron chi connectivity index (χ0n) is 14.3. The summed E-state index contributed by atoms with van der Waals surface area (Å²) >= 11 is 0. The van der Waals surface area contributed by atoms with Crippen LogP contribution in [0.15, 0.2) is 103 Å². The lowest BCUT2D eigenvalue weighted by Gasteiger charge is -2.17. The van der Waals surface area contributed by atoms with E-state index in [0.717, 1.165) is 0 Å². The first-order valence-corrected chi connectivity index (χ1v) is 8.89. The molecule has 0 unspecified atom stereocenters. The first-order valence-electron chi connectivity index (χ1n) is 8.89. The van der Waals surface area contributed by atoms with Gasteiger partial charge in [-0.3, -0.25) is 0 Å². The molecule has 5 aromatic carbocycles. The van der Waals surface area contributed by atoms with Crippen LogP contribution in [0.25, 0.3) is 43.8 Å². The molecule has 0 spiro atoms. The smallest absolute Gasteiger partial charge is 0.00139 e. The van der Waals surface area contributed by atoms with Gasteiger partial charge in [-0.05, 0) is 49.9 Å². The van der Waals surface area contributed by atoms with Gasteiger partial charge in [0.05, 0.1) is 0 Å². The van der Waals surface area contributed by atoms with Crippen LogP contribution in [0.4, 0.5) is 0 Å². The van der Waals surface area contributed by atoms with Crippen molar-refractivity contribution in [3.8, 4) is 22.3 Å². The fourth-order valence-corrected chi connectivity index (χ4v) is 3.87. The minimum absolute atomic E-state index is 1.18. The van der Waals surface area contributed by atoms with E-state index in [0.29, 0.717) is 0 Å².